The zero-order valence-corrected chi connectivity index (χ0v) is 6.47. The molecule has 0 unspecified atom stereocenters. The summed E-state index contributed by atoms with van der Waals surface area (Å²) in [6, 6.07) is 0. The molecule has 0 atom stereocenters. The van der Waals surface area contributed by atoms with Gasteiger partial charge in [0, 0.05) is 0 Å². The van der Waals surface area contributed by atoms with Gasteiger partial charge in [0.2, 0.25) is 0 Å². The van der Waals surface area contributed by atoms with Gasteiger partial charge in [-0.3, -0.25) is 0 Å². The number of hydrogen-bond acceptors (Lipinski definition) is 1. The molecule has 0 spiro atoms. The van der Waals surface area contributed by atoms with Gasteiger partial charge in [0.1, 0.15) is 0 Å². The molecular formula is C3H9OSb. The SMILES string of the molecule is CCC.[O]=[SbH]. The van der Waals surface area contributed by atoms with Crippen molar-refractivity contribution in [2.24, 2.45) is 0 Å². The summed E-state index contributed by atoms with van der Waals surface area (Å²) in [6.07, 6.45) is 1.25. The molecule has 0 heterocycles. The van der Waals surface area contributed by atoms with Gasteiger partial charge in [0.05, 0.1) is 0 Å². The third-order valence-corrected chi connectivity index (χ3v) is 0. The number of rotatable bonds is 0. The molecule has 0 aromatic heterocycles. The predicted molar refractivity (Wildman–Crippen MR) is 23.8 cm³/mol. The Bertz CT molecular complexity index is 10.9. The number of hydrogen-bond donors (Lipinski definition) is 0. The molecule has 0 aromatic rings. The Morgan fingerprint density at radius 1 is 1.40 bits per heavy atom. The normalized spacial score (nSPS) is 4.40. The first-order chi connectivity index (χ1) is 2.41. The minimum absolute atomic E-state index is 0.300. The van der Waals surface area contributed by atoms with Gasteiger partial charge in [-0.15, -0.1) is 0 Å². The van der Waals surface area contributed by atoms with Crippen LogP contribution in [0.2, 0.25) is 0 Å². The zero-order chi connectivity index (χ0) is 4.71. The summed E-state index contributed by atoms with van der Waals surface area (Å²) in [7, 11) is 0. The third-order valence-electron chi connectivity index (χ3n) is 0. The molecule has 0 fully saturated rings. The van der Waals surface area contributed by atoms with E-state index in [-0.39, 0.29) is 0 Å². The predicted octanol–water partition coefficient (Wildman–Crippen LogP) is 0.649. The molecule has 0 aliphatic rings. The summed E-state index contributed by atoms with van der Waals surface area (Å²) in [5.41, 5.74) is 0. The second-order valence-electron chi connectivity index (χ2n) is 0.707. The molecule has 0 radical (unpaired) electrons. The van der Waals surface area contributed by atoms with E-state index in [0.717, 1.165) is 0 Å². The maximum absolute atomic E-state index is 8.34. The summed E-state index contributed by atoms with van der Waals surface area (Å²) in [6.45, 7) is 4.25. The summed E-state index contributed by atoms with van der Waals surface area (Å²) in [5.74, 6) is 0. The van der Waals surface area contributed by atoms with Gasteiger partial charge in [-0.1, -0.05) is 20.3 Å². The Morgan fingerprint density at radius 3 is 1.40 bits per heavy atom. The summed E-state index contributed by atoms with van der Waals surface area (Å²) in [5, 5.41) is 0. The van der Waals surface area contributed by atoms with Crippen molar-refractivity contribution in [3.05, 3.63) is 0 Å². The molecule has 0 bridgehead atoms. The van der Waals surface area contributed by atoms with E-state index in [1.807, 2.05) is 0 Å². The van der Waals surface area contributed by atoms with E-state index in [2.05, 4.69) is 13.8 Å². The minimum atomic E-state index is 0.300. The van der Waals surface area contributed by atoms with Crippen molar-refractivity contribution in [3.63, 3.8) is 0 Å². The molecule has 0 aromatic carbocycles. The first-order valence-electron chi connectivity index (χ1n) is 1.62. The summed E-state index contributed by atoms with van der Waals surface area (Å²) < 4.78 is 8.34. The van der Waals surface area contributed by atoms with E-state index >= 15 is 0 Å². The van der Waals surface area contributed by atoms with Crippen LogP contribution in [0, 0.1) is 0 Å². The van der Waals surface area contributed by atoms with Crippen LogP contribution in [0.5, 0.6) is 0 Å². The zero-order valence-electron chi connectivity index (χ0n) is 3.62. The van der Waals surface area contributed by atoms with Crippen molar-refractivity contribution in [1.82, 2.24) is 0 Å². The molecule has 0 saturated heterocycles. The Hall–Kier alpha value is 0.618. The Kier molecular flexibility index (Phi) is 42.3. The molecule has 5 heavy (non-hydrogen) atoms. The van der Waals surface area contributed by atoms with Gasteiger partial charge in [-0.05, 0) is 0 Å². The average Bonchev–Trinajstić information content (AvgIpc) is 1.46. The van der Waals surface area contributed by atoms with Crippen LogP contribution in [0.3, 0.4) is 0 Å². The third kappa shape index (κ3) is 82.8. The van der Waals surface area contributed by atoms with Gasteiger partial charge in [-0.25, -0.2) is 0 Å². The van der Waals surface area contributed by atoms with Gasteiger partial charge in [0.15, 0.2) is 0 Å². The monoisotopic (exact) mass is 182 g/mol. The van der Waals surface area contributed by atoms with Crippen molar-refractivity contribution in [2.45, 2.75) is 20.3 Å². The van der Waals surface area contributed by atoms with Gasteiger partial charge in [-0.2, -0.15) is 0 Å². The molecule has 1 nitrogen and oxygen atoms in total. The van der Waals surface area contributed by atoms with E-state index in [1.165, 1.54) is 6.42 Å². The molecule has 0 saturated carbocycles. The molecule has 0 amide bonds. The van der Waals surface area contributed by atoms with Crippen LogP contribution < -0.4 is 0 Å². The van der Waals surface area contributed by atoms with Gasteiger partial charge < -0.3 is 0 Å². The molecular weight excluding hydrogens is 174 g/mol. The van der Waals surface area contributed by atoms with Crippen molar-refractivity contribution in [2.75, 3.05) is 0 Å². The second-order valence-corrected chi connectivity index (χ2v) is 0.707. The van der Waals surface area contributed by atoms with Crippen LogP contribution in [0.4, 0.5) is 0 Å². The van der Waals surface area contributed by atoms with Crippen LogP contribution in [0.1, 0.15) is 20.3 Å². The van der Waals surface area contributed by atoms with Crippen LogP contribution in [-0.4, -0.2) is 23.0 Å². The quantitative estimate of drug-likeness (QED) is 0.503. The molecule has 0 rings (SSSR count). The molecule has 2 heteroatoms. The van der Waals surface area contributed by atoms with E-state index in [4.69, 9.17) is 3.02 Å². The van der Waals surface area contributed by atoms with Crippen LogP contribution in [0.15, 0.2) is 0 Å². The van der Waals surface area contributed by atoms with E-state index in [0.29, 0.717) is 23.0 Å². The maximum atomic E-state index is 8.34. The van der Waals surface area contributed by atoms with Crippen molar-refractivity contribution in [1.29, 1.82) is 0 Å². The van der Waals surface area contributed by atoms with Crippen LogP contribution in [-0.2, 0) is 3.02 Å². The topological polar surface area (TPSA) is 17.1 Å². The standard InChI is InChI=1S/C3H8.O.Sb.H/c1-3-2;;;/h3H2,1-2H3;;;. The van der Waals surface area contributed by atoms with Crippen molar-refractivity contribution >= 4 is 23.0 Å². The molecule has 0 aliphatic heterocycles. The van der Waals surface area contributed by atoms with Crippen molar-refractivity contribution < 1.29 is 3.02 Å². The van der Waals surface area contributed by atoms with Crippen molar-refractivity contribution in [3.8, 4) is 0 Å². The fraction of sp³-hybridized carbons (Fsp3) is 1.00. The summed E-state index contributed by atoms with van der Waals surface area (Å²) in [4.78, 5) is 0. The van der Waals surface area contributed by atoms with Crippen LogP contribution in [0.25, 0.3) is 0 Å². The fourth-order valence-corrected chi connectivity index (χ4v) is 0. The van der Waals surface area contributed by atoms with E-state index in [1.54, 1.807) is 0 Å². The Labute approximate surface area is 46.6 Å². The van der Waals surface area contributed by atoms with Gasteiger partial charge >= 0.3 is 26.0 Å². The first kappa shape index (κ1) is 9.15. The second kappa shape index (κ2) is 23.1. The van der Waals surface area contributed by atoms with E-state index in [9.17, 15) is 0 Å². The Balaban J connectivity index is 0. The Morgan fingerprint density at radius 2 is 1.40 bits per heavy atom. The van der Waals surface area contributed by atoms with Crippen LogP contribution >= 0.6 is 0 Å². The van der Waals surface area contributed by atoms with E-state index < -0.39 is 0 Å². The molecule has 0 aliphatic carbocycles. The molecule has 32 valence electrons. The molecule has 0 N–H and O–H groups in total. The summed E-state index contributed by atoms with van der Waals surface area (Å²) >= 11 is 0.300. The average molecular weight is 183 g/mol. The van der Waals surface area contributed by atoms with Gasteiger partial charge in [0.25, 0.3) is 0 Å². The first-order valence-corrected chi connectivity index (χ1v) is 2.78. The fourth-order valence-electron chi connectivity index (χ4n) is 0.